The highest BCUT2D eigenvalue weighted by molar-refractivity contribution is 5.86. The minimum absolute atomic E-state index is 0.0128. The second kappa shape index (κ2) is 5.52. The molecule has 5 nitrogen and oxygen atoms in total. The molecular weight excluding hydrogens is 228 g/mol. The van der Waals surface area contributed by atoms with E-state index >= 15 is 0 Å². The Kier molecular flexibility index (Phi) is 4.01. The fourth-order valence-corrected chi connectivity index (χ4v) is 2.69. The average molecular weight is 250 g/mol. The molecule has 5 heteroatoms. The molecule has 2 atom stereocenters. The highest BCUT2D eigenvalue weighted by atomic mass is 16.2. The Hall–Kier alpha value is -1.36. The van der Waals surface area contributed by atoms with Crippen LogP contribution in [-0.4, -0.2) is 27.8 Å². The van der Waals surface area contributed by atoms with Crippen LogP contribution >= 0.6 is 0 Å². The minimum Gasteiger partial charge on any atom is -0.353 e. The van der Waals surface area contributed by atoms with Crippen molar-refractivity contribution < 1.29 is 4.79 Å². The van der Waals surface area contributed by atoms with Gasteiger partial charge in [0, 0.05) is 18.9 Å². The lowest BCUT2D eigenvalue weighted by Gasteiger charge is -2.35. The maximum atomic E-state index is 12.1. The van der Waals surface area contributed by atoms with Crippen molar-refractivity contribution in [2.24, 2.45) is 11.7 Å². The number of amides is 1. The van der Waals surface area contributed by atoms with Gasteiger partial charge in [-0.2, -0.15) is 5.10 Å². The smallest absolute Gasteiger partial charge is 0.240 e. The van der Waals surface area contributed by atoms with Gasteiger partial charge in [0.15, 0.2) is 0 Å². The van der Waals surface area contributed by atoms with Crippen LogP contribution in [0.5, 0.6) is 0 Å². The van der Waals surface area contributed by atoms with Gasteiger partial charge in [-0.1, -0.05) is 19.8 Å². The third-order valence-electron chi connectivity index (χ3n) is 3.67. The molecule has 0 aromatic carbocycles. The summed E-state index contributed by atoms with van der Waals surface area (Å²) in [6, 6.07) is 1.87. The van der Waals surface area contributed by atoms with Gasteiger partial charge in [0.1, 0.15) is 0 Å². The first-order chi connectivity index (χ1) is 8.60. The molecular formula is C13H22N4O. The van der Waals surface area contributed by atoms with E-state index in [1.165, 1.54) is 6.42 Å². The fourth-order valence-electron chi connectivity index (χ4n) is 2.69. The van der Waals surface area contributed by atoms with Gasteiger partial charge in [0.2, 0.25) is 5.91 Å². The Morgan fingerprint density at radius 2 is 2.50 bits per heavy atom. The number of hydrogen-bond acceptors (Lipinski definition) is 3. The number of carbonyl (C=O) groups is 1. The van der Waals surface area contributed by atoms with Crippen molar-refractivity contribution in [3.8, 4) is 0 Å². The van der Waals surface area contributed by atoms with E-state index in [4.69, 9.17) is 5.73 Å². The average Bonchev–Trinajstić information content (AvgIpc) is 2.81. The Balaban J connectivity index is 1.80. The molecule has 1 fully saturated rings. The fraction of sp³-hybridized carbons (Fsp3) is 0.692. The number of nitrogens with two attached hydrogens (primary N) is 1. The molecule has 0 aliphatic heterocycles. The summed E-state index contributed by atoms with van der Waals surface area (Å²) in [7, 11) is 0. The maximum absolute atomic E-state index is 12.1. The van der Waals surface area contributed by atoms with Crippen molar-refractivity contribution in [3.05, 3.63) is 18.5 Å². The number of nitrogens with one attached hydrogen (secondary N) is 1. The molecule has 2 unspecified atom stereocenters. The molecule has 0 radical (unpaired) electrons. The summed E-state index contributed by atoms with van der Waals surface area (Å²) in [6.07, 6.45) is 7.43. The number of nitrogens with zero attached hydrogens (tertiary/aromatic N) is 2. The largest absolute Gasteiger partial charge is 0.353 e. The molecule has 2 rings (SSSR count). The SMILES string of the molecule is CC1CCCC(N)(C(=O)NCCn2cccn2)C1. The Morgan fingerprint density at radius 1 is 1.67 bits per heavy atom. The van der Waals surface area contributed by atoms with E-state index in [9.17, 15) is 4.79 Å². The van der Waals surface area contributed by atoms with E-state index in [-0.39, 0.29) is 5.91 Å². The number of rotatable bonds is 4. The highest BCUT2D eigenvalue weighted by Gasteiger charge is 2.37. The highest BCUT2D eigenvalue weighted by Crippen LogP contribution is 2.30. The van der Waals surface area contributed by atoms with Gasteiger partial charge < -0.3 is 11.1 Å². The quantitative estimate of drug-likeness (QED) is 0.834. The van der Waals surface area contributed by atoms with E-state index in [0.717, 1.165) is 19.3 Å². The molecule has 0 saturated heterocycles. The van der Waals surface area contributed by atoms with Gasteiger partial charge in [-0.05, 0) is 24.8 Å². The molecule has 1 aliphatic carbocycles. The van der Waals surface area contributed by atoms with Crippen LogP contribution in [0.3, 0.4) is 0 Å². The molecule has 0 spiro atoms. The van der Waals surface area contributed by atoms with Gasteiger partial charge in [0.05, 0.1) is 12.1 Å². The number of hydrogen-bond donors (Lipinski definition) is 2. The van der Waals surface area contributed by atoms with Crippen LogP contribution in [0.2, 0.25) is 0 Å². The second-order valence-corrected chi connectivity index (χ2v) is 5.38. The molecule has 3 N–H and O–H groups in total. The monoisotopic (exact) mass is 250 g/mol. The summed E-state index contributed by atoms with van der Waals surface area (Å²) in [5, 5.41) is 7.02. The van der Waals surface area contributed by atoms with Crippen molar-refractivity contribution in [1.29, 1.82) is 0 Å². The molecule has 1 aromatic rings. The molecule has 1 aromatic heterocycles. The zero-order valence-corrected chi connectivity index (χ0v) is 10.9. The van der Waals surface area contributed by atoms with E-state index in [1.54, 1.807) is 10.9 Å². The van der Waals surface area contributed by atoms with Crippen LogP contribution < -0.4 is 11.1 Å². The third kappa shape index (κ3) is 3.10. The summed E-state index contributed by atoms with van der Waals surface area (Å²) >= 11 is 0. The summed E-state index contributed by atoms with van der Waals surface area (Å²) < 4.78 is 1.80. The number of carbonyl (C=O) groups excluding carboxylic acids is 1. The van der Waals surface area contributed by atoms with Crippen LogP contribution in [0.15, 0.2) is 18.5 Å². The predicted molar refractivity (Wildman–Crippen MR) is 69.8 cm³/mol. The predicted octanol–water partition coefficient (Wildman–Crippen LogP) is 0.907. The molecule has 1 saturated carbocycles. The lowest BCUT2D eigenvalue weighted by atomic mass is 9.76. The van der Waals surface area contributed by atoms with Gasteiger partial charge >= 0.3 is 0 Å². The lowest BCUT2D eigenvalue weighted by molar-refractivity contribution is -0.128. The zero-order chi connectivity index (χ0) is 13.0. The second-order valence-electron chi connectivity index (χ2n) is 5.38. The number of aromatic nitrogens is 2. The van der Waals surface area contributed by atoms with Crippen molar-refractivity contribution in [2.75, 3.05) is 6.54 Å². The summed E-state index contributed by atoms with van der Waals surface area (Å²) in [5.74, 6) is 0.529. The van der Waals surface area contributed by atoms with Crippen LogP contribution in [0.25, 0.3) is 0 Å². The van der Waals surface area contributed by atoms with Crippen molar-refractivity contribution in [1.82, 2.24) is 15.1 Å². The van der Waals surface area contributed by atoms with Crippen LogP contribution in [-0.2, 0) is 11.3 Å². The van der Waals surface area contributed by atoms with E-state index in [0.29, 0.717) is 19.0 Å². The van der Waals surface area contributed by atoms with E-state index in [1.807, 2.05) is 12.3 Å². The lowest BCUT2D eigenvalue weighted by Crippen LogP contribution is -2.56. The van der Waals surface area contributed by atoms with Crippen molar-refractivity contribution in [2.45, 2.75) is 44.7 Å². The van der Waals surface area contributed by atoms with Gasteiger partial charge in [0.25, 0.3) is 0 Å². The summed E-state index contributed by atoms with van der Waals surface area (Å²) in [5.41, 5.74) is 5.55. The van der Waals surface area contributed by atoms with Crippen LogP contribution in [0.1, 0.15) is 32.6 Å². The summed E-state index contributed by atoms with van der Waals surface area (Å²) in [6.45, 7) is 3.43. The van der Waals surface area contributed by atoms with E-state index in [2.05, 4.69) is 17.3 Å². The van der Waals surface area contributed by atoms with Crippen molar-refractivity contribution >= 4 is 5.91 Å². The Morgan fingerprint density at radius 3 is 3.17 bits per heavy atom. The Labute approximate surface area is 108 Å². The van der Waals surface area contributed by atoms with Gasteiger partial charge in [-0.3, -0.25) is 9.48 Å². The molecule has 1 heterocycles. The standard InChI is InChI=1S/C13H22N4O/c1-11-4-2-5-13(14,10-11)12(18)15-7-9-17-8-3-6-16-17/h3,6,8,11H,2,4-5,7,9-10,14H2,1H3,(H,15,18). The van der Waals surface area contributed by atoms with Crippen molar-refractivity contribution in [3.63, 3.8) is 0 Å². The maximum Gasteiger partial charge on any atom is 0.240 e. The van der Waals surface area contributed by atoms with Gasteiger partial charge in [-0.15, -0.1) is 0 Å². The molecule has 1 amide bonds. The molecule has 18 heavy (non-hydrogen) atoms. The molecule has 1 aliphatic rings. The third-order valence-corrected chi connectivity index (χ3v) is 3.67. The Bertz CT molecular complexity index is 390. The zero-order valence-electron chi connectivity index (χ0n) is 10.9. The van der Waals surface area contributed by atoms with Crippen LogP contribution in [0, 0.1) is 5.92 Å². The first kappa shape index (κ1) is 13.1. The first-order valence-corrected chi connectivity index (χ1v) is 6.65. The normalized spacial score (nSPS) is 28.0. The molecule has 0 bridgehead atoms. The van der Waals surface area contributed by atoms with Gasteiger partial charge in [-0.25, -0.2) is 0 Å². The topological polar surface area (TPSA) is 72.9 Å². The van der Waals surface area contributed by atoms with Crippen LogP contribution in [0.4, 0.5) is 0 Å². The molecule has 100 valence electrons. The summed E-state index contributed by atoms with van der Waals surface area (Å²) in [4.78, 5) is 12.1. The van der Waals surface area contributed by atoms with E-state index < -0.39 is 5.54 Å². The minimum atomic E-state index is -0.665. The first-order valence-electron chi connectivity index (χ1n) is 6.65.